The maximum absolute atomic E-state index is 12.1. The molecule has 2 rings (SSSR count). The lowest BCUT2D eigenvalue weighted by atomic mass is 10.0. The van der Waals surface area contributed by atoms with E-state index >= 15 is 0 Å². The topological polar surface area (TPSA) is 104 Å². The summed E-state index contributed by atoms with van der Waals surface area (Å²) in [4.78, 5) is 23.7. The molecule has 0 bridgehead atoms. The summed E-state index contributed by atoms with van der Waals surface area (Å²) in [6, 6.07) is 6.00. The number of hydrogen-bond donors (Lipinski definition) is 3. The van der Waals surface area contributed by atoms with E-state index in [1.807, 2.05) is 0 Å². The SMILES string of the molecule is CC(C)C(=O)NCCNC(=O)N[C@H]1CCS(=O)(=O)c2ccccc21. The van der Waals surface area contributed by atoms with Crippen molar-refractivity contribution >= 4 is 21.8 Å². The molecular weight excluding hydrogens is 330 g/mol. The van der Waals surface area contributed by atoms with Gasteiger partial charge in [-0.25, -0.2) is 13.2 Å². The number of hydrogen-bond acceptors (Lipinski definition) is 4. The van der Waals surface area contributed by atoms with Crippen LogP contribution >= 0.6 is 0 Å². The molecule has 1 heterocycles. The Balaban J connectivity index is 1.88. The van der Waals surface area contributed by atoms with E-state index in [1.54, 1.807) is 38.1 Å². The standard InChI is InChI=1S/C16H23N3O4S/c1-11(2)15(20)17-8-9-18-16(21)19-13-7-10-24(22,23)14-6-4-3-5-12(13)14/h3-6,11,13H,7-10H2,1-2H3,(H,17,20)(H2,18,19,21)/t13-/m0/s1. The minimum Gasteiger partial charge on any atom is -0.354 e. The molecule has 3 N–H and O–H groups in total. The molecule has 0 radical (unpaired) electrons. The Morgan fingerprint density at radius 2 is 1.83 bits per heavy atom. The lowest BCUT2D eigenvalue weighted by Gasteiger charge is -2.26. The third-order valence-electron chi connectivity index (χ3n) is 3.84. The highest BCUT2D eigenvalue weighted by molar-refractivity contribution is 7.91. The second kappa shape index (κ2) is 7.65. The zero-order chi connectivity index (χ0) is 17.7. The number of rotatable bonds is 5. The fourth-order valence-corrected chi connectivity index (χ4v) is 4.14. The van der Waals surface area contributed by atoms with Crippen LogP contribution in [0.1, 0.15) is 31.9 Å². The molecule has 1 atom stereocenters. The van der Waals surface area contributed by atoms with Gasteiger partial charge in [0.25, 0.3) is 0 Å². The predicted octanol–water partition coefficient (Wildman–Crippen LogP) is 0.977. The molecule has 24 heavy (non-hydrogen) atoms. The Bertz CT molecular complexity index is 716. The average Bonchev–Trinajstić information content (AvgIpc) is 2.54. The Morgan fingerprint density at radius 3 is 2.54 bits per heavy atom. The molecule has 0 aromatic heterocycles. The minimum atomic E-state index is -3.27. The minimum absolute atomic E-state index is 0.0133. The molecule has 0 aliphatic carbocycles. The molecule has 1 aliphatic rings. The highest BCUT2D eigenvalue weighted by Gasteiger charge is 2.30. The van der Waals surface area contributed by atoms with Crippen molar-refractivity contribution in [3.8, 4) is 0 Å². The third-order valence-corrected chi connectivity index (χ3v) is 5.66. The molecule has 1 aromatic rings. The number of nitrogens with one attached hydrogen (secondary N) is 3. The largest absolute Gasteiger partial charge is 0.354 e. The van der Waals surface area contributed by atoms with Crippen molar-refractivity contribution in [3.05, 3.63) is 29.8 Å². The molecule has 0 spiro atoms. The van der Waals surface area contributed by atoms with E-state index in [4.69, 9.17) is 0 Å². The van der Waals surface area contributed by atoms with Crippen LogP contribution in [0.5, 0.6) is 0 Å². The average molecular weight is 353 g/mol. The summed E-state index contributed by atoms with van der Waals surface area (Å²) in [5.74, 6) is -0.150. The smallest absolute Gasteiger partial charge is 0.315 e. The van der Waals surface area contributed by atoms with Gasteiger partial charge in [-0.15, -0.1) is 0 Å². The van der Waals surface area contributed by atoms with Gasteiger partial charge < -0.3 is 16.0 Å². The van der Waals surface area contributed by atoms with Crippen LogP contribution in [0, 0.1) is 5.92 Å². The summed E-state index contributed by atoms with van der Waals surface area (Å²) in [5, 5.41) is 8.16. The number of urea groups is 1. The zero-order valence-corrected chi connectivity index (χ0v) is 14.7. The molecule has 0 unspecified atom stereocenters. The Kier molecular flexibility index (Phi) is 5.82. The van der Waals surface area contributed by atoms with E-state index in [9.17, 15) is 18.0 Å². The van der Waals surface area contributed by atoms with Crippen LogP contribution in [0.4, 0.5) is 4.79 Å². The number of sulfone groups is 1. The first-order valence-electron chi connectivity index (χ1n) is 7.95. The van der Waals surface area contributed by atoms with Crippen molar-refractivity contribution in [3.63, 3.8) is 0 Å². The van der Waals surface area contributed by atoms with Gasteiger partial charge in [0.1, 0.15) is 0 Å². The molecular formula is C16H23N3O4S. The summed E-state index contributed by atoms with van der Waals surface area (Å²) < 4.78 is 24.1. The van der Waals surface area contributed by atoms with Gasteiger partial charge in [-0.1, -0.05) is 32.0 Å². The molecule has 8 heteroatoms. The van der Waals surface area contributed by atoms with Crippen LogP contribution in [0.3, 0.4) is 0 Å². The van der Waals surface area contributed by atoms with Crippen molar-refractivity contribution in [2.24, 2.45) is 5.92 Å². The molecule has 0 fully saturated rings. The van der Waals surface area contributed by atoms with Gasteiger partial charge in [-0.05, 0) is 18.1 Å². The van der Waals surface area contributed by atoms with E-state index in [0.717, 1.165) is 0 Å². The Labute approximate surface area is 142 Å². The molecule has 132 valence electrons. The van der Waals surface area contributed by atoms with Gasteiger partial charge in [0.05, 0.1) is 16.7 Å². The highest BCUT2D eigenvalue weighted by Crippen LogP contribution is 2.31. The first kappa shape index (κ1) is 18.3. The fraction of sp³-hybridized carbons (Fsp3) is 0.500. The van der Waals surface area contributed by atoms with Gasteiger partial charge >= 0.3 is 6.03 Å². The highest BCUT2D eigenvalue weighted by atomic mass is 32.2. The van der Waals surface area contributed by atoms with E-state index in [1.165, 1.54) is 0 Å². The fourth-order valence-electron chi connectivity index (χ4n) is 2.52. The lowest BCUT2D eigenvalue weighted by Crippen LogP contribution is -2.43. The number of fused-ring (bicyclic) bond motifs is 1. The summed E-state index contributed by atoms with van der Waals surface area (Å²) in [6.45, 7) is 4.24. The van der Waals surface area contributed by atoms with Crippen LogP contribution in [-0.2, 0) is 14.6 Å². The monoisotopic (exact) mass is 353 g/mol. The zero-order valence-electron chi connectivity index (χ0n) is 13.8. The first-order chi connectivity index (χ1) is 11.3. The van der Waals surface area contributed by atoms with Crippen LogP contribution in [0.15, 0.2) is 29.2 Å². The number of amides is 3. The molecule has 7 nitrogen and oxygen atoms in total. The van der Waals surface area contributed by atoms with E-state index < -0.39 is 9.84 Å². The van der Waals surface area contributed by atoms with Gasteiger partial charge in [0, 0.05) is 19.0 Å². The van der Waals surface area contributed by atoms with Crippen LogP contribution in [0.25, 0.3) is 0 Å². The summed E-state index contributed by atoms with van der Waals surface area (Å²) >= 11 is 0. The van der Waals surface area contributed by atoms with Gasteiger partial charge in [-0.3, -0.25) is 4.79 Å². The van der Waals surface area contributed by atoms with E-state index in [0.29, 0.717) is 25.1 Å². The van der Waals surface area contributed by atoms with Crippen molar-refractivity contribution in [1.82, 2.24) is 16.0 Å². The predicted molar refractivity (Wildman–Crippen MR) is 90.2 cm³/mol. The normalized spacial score (nSPS) is 18.5. The van der Waals surface area contributed by atoms with Crippen molar-refractivity contribution in [1.29, 1.82) is 0 Å². The molecule has 1 aromatic carbocycles. The summed E-state index contributed by atoms with van der Waals surface area (Å²) in [7, 11) is -3.27. The van der Waals surface area contributed by atoms with Gasteiger partial charge in [0.15, 0.2) is 9.84 Å². The van der Waals surface area contributed by atoms with Crippen LogP contribution < -0.4 is 16.0 Å². The van der Waals surface area contributed by atoms with Gasteiger partial charge in [-0.2, -0.15) is 0 Å². The molecule has 3 amide bonds. The number of carbonyl (C=O) groups excluding carboxylic acids is 2. The third kappa shape index (κ3) is 4.47. The van der Waals surface area contributed by atoms with Crippen LogP contribution in [-0.4, -0.2) is 39.2 Å². The quantitative estimate of drug-likeness (QED) is 0.686. The lowest BCUT2D eigenvalue weighted by molar-refractivity contribution is -0.123. The molecule has 1 aliphatic heterocycles. The van der Waals surface area contributed by atoms with E-state index in [2.05, 4.69) is 16.0 Å². The van der Waals surface area contributed by atoms with Crippen molar-refractivity contribution < 1.29 is 18.0 Å². The number of carbonyl (C=O) groups is 2. The van der Waals surface area contributed by atoms with Gasteiger partial charge in [0.2, 0.25) is 5.91 Å². The summed E-state index contributed by atoms with van der Waals surface area (Å²) in [6.07, 6.45) is 0.344. The van der Waals surface area contributed by atoms with Crippen molar-refractivity contribution in [2.45, 2.75) is 31.2 Å². The van der Waals surface area contributed by atoms with E-state index in [-0.39, 0.29) is 34.5 Å². The van der Waals surface area contributed by atoms with Crippen molar-refractivity contribution in [2.75, 3.05) is 18.8 Å². The second-order valence-corrected chi connectivity index (χ2v) is 8.12. The Morgan fingerprint density at radius 1 is 1.17 bits per heavy atom. The second-order valence-electron chi connectivity index (χ2n) is 6.04. The summed E-state index contributed by atoms with van der Waals surface area (Å²) in [5.41, 5.74) is 0.618. The molecule has 0 saturated heterocycles. The molecule has 0 saturated carbocycles. The van der Waals surface area contributed by atoms with Crippen LogP contribution in [0.2, 0.25) is 0 Å². The Hall–Kier alpha value is -2.09. The first-order valence-corrected chi connectivity index (χ1v) is 9.60. The maximum atomic E-state index is 12.1. The maximum Gasteiger partial charge on any atom is 0.315 e. The number of benzene rings is 1.